The Morgan fingerprint density at radius 3 is 3.00 bits per heavy atom. The minimum Gasteiger partial charge on any atom is -0.394 e. The van der Waals surface area contributed by atoms with Crippen molar-refractivity contribution in [1.82, 2.24) is 19.5 Å². The average Bonchev–Trinajstić information content (AvgIpc) is 3.10. The number of fused-ring (bicyclic) bond motifs is 1. The summed E-state index contributed by atoms with van der Waals surface area (Å²) < 4.78 is 20.6. The molecule has 1 amide bonds. The molecule has 3 atom stereocenters. The number of H-pyrrole nitrogens is 1. The Morgan fingerprint density at radius 2 is 2.38 bits per heavy atom. The molecular formula is C14H18FN5O4. The van der Waals surface area contributed by atoms with Crippen molar-refractivity contribution in [2.45, 2.75) is 38.8 Å². The molecule has 0 unspecified atom stereocenters. The molecule has 10 heteroatoms. The summed E-state index contributed by atoms with van der Waals surface area (Å²) in [5.74, 6) is -0.599. The fraction of sp³-hybridized carbons (Fsp3) is 0.571. The molecule has 9 nitrogen and oxygen atoms in total. The third-order valence-electron chi connectivity index (χ3n) is 3.85. The molecule has 1 aliphatic heterocycles. The normalized spacial score (nSPS) is 24.0. The van der Waals surface area contributed by atoms with E-state index in [2.05, 4.69) is 20.3 Å². The average molecular weight is 339 g/mol. The molecule has 1 fully saturated rings. The van der Waals surface area contributed by atoms with E-state index in [-0.39, 0.29) is 35.4 Å². The second-order valence-electron chi connectivity index (χ2n) is 5.95. The van der Waals surface area contributed by atoms with Gasteiger partial charge in [-0.15, -0.1) is 0 Å². The van der Waals surface area contributed by atoms with E-state index in [1.807, 2.05) is 0 Å². The maximum absolute atomic E-state index is 13.8. The fourth-order valence-corrected chi connectivity index (χ4v) is 2.48. The summed E-state index contributed by atoms with van der Waals surface area (Å²) in [7, 11) is 0. The highest BCUT2D eigenvalue weighted by molar-refractivity contribution is 5.91. The molecular weight excluding hydrogens is 321 g/mol. The highest BCUT2D eigenvalue weighted by atomic mass is 19.1. The number of rotatable bonds is 4. The minimum atomic E-state index is -1.32. The van der Waals surface area contributed by atoms with Gasteiger partial charge in [-0.2, -0.15) is 4.98 Å². The second-order valence-corrected chi connectivity index (χ2v) is 5.95. The van der Waals surface area contributed by atoms with Gasteiger partial charge in [-0.25, -0.2) is 9.37 Å². The van der Waals surface area contributed by atoms with E-state index in [0.717, 1.165) is 0 Å². The lowest BCUT2D eigenvalue weighted by Gasteiger charge is -2.13. The maximum atomic E-state index is 13.8. The summed E-state index contributed by atoms with van der Waals surface area (Å²) in [5, 5.41) is 11.6. The summed E-state index contributed by atoms with van der Waals surface area (Å²) in [5.41, 5.74) is -0.288. The number of alkyl halides is 1. The Kier molecular flexibility index (Phi) is 4.33. The number of hydrogen-bond donors (Lipinski definition) is 3. The highest BCUT2D eigenvalue weighted by Gasteiger charge is 2.36. The first-order valence-corrected chi connectivity index (χ1v) is 7.58. The van der Waals surface area contributed by atoms with Gasteiger partial charge in [0.15, 0.2) is 11.2 Å². The monoisotopic (exact) mass is 339 g/mol. The van der Waals surface area contributed by atoms with Gasteiger partial charge in [-0.3, -0.25) is 24.5 Å². The lowest BCUT2D eigenvalue weighted by Crippen LogP contribution is -2.22. The first-order valence-electron chi connectivity index (χ1n) is 7.58. The number of carbonyl (C=O) groups is 1. The van der Waals surface area contributed by atoms with Gasteiger partial charge in [0.1, 0.15) is 18.5 Å². The Balaban J connectivity index is 1.97. The number of imidazole rings is 1. The molecule has 130 valence electrons. The Bertz CT molecular complexity index is 817. The maximum Gasteiger partial charge on any atom is 0.280 e. The SMILES string of the molecule is CC(C)C(=O)Nc1nc2c(ncn2[C@H]2C[C@@H](F)[C@@H](CO)O2)c(=O)[nH]1. The number of aromatic amines is 1. The van der Waals surface area contributed by atoms with Crippen molar-refractivity contribution in [1.29, 1.82) is 0 Å². The van der Waals surface area contributed by atoms with Crippen LogP contribution in [0.3, 0.4) is 0 Å². The van der Waals surface area contributed by atoms with Crippen molar-refractivity contribution in [3.8, 4) is 0 Å². The molecule has 0 aromatic carbocycles. The van der Waals surface area contributed by atoms with E-state index in [0.29, 0.717) is 0 Å². The van der Waals surface area contributed by atoms with E-state index < -0.39 is 30.7 Å². The van der Waals surface area contributed by atoms with Crippen LogP contribution in [0.2, 0.25) is 0 Å². The number of halogens is 1. The standard InChI is InChI=1S/C14H18FN5O4/c1-6(2)12(22)18-14-17-11-10(13(23)19-14)16-5-20(11)9-3-7(15)8(4-21)24-9/h5-9,21H,3-4H2,1-2H3,(H2,17,18,19,22,23)/t7-,8-,9-/m1/s1. The molecule has 1 saturated heterocycles. The van der Waals surface area contributed by atoms with Crippen molar-refractivity contribution in [2.24, 2.45) is 5.92 Å². The molecule has 0 spiro atoms. The number of anilines is 1. The third-order valence-corrected chi connectivity index (χ3v) is 3.85. The molecule has 2 aromatic heterocycles. The van der Waals surface area contributed by atoms with Crippen LogP contribution in [0.1, 0.15) is 26.5 Å². The van der Waals surface area contributed by atoms with Crippen LogP contribution in [0.4, 0.5) is 10.3 Å². The lowest BCUT2D eigenvalue weighted by atomic mass is 10.2. The van der Waals surface area contributed by atoms with Gasteiger partial charge in [-0.1, -0.05) is 13.8 Å². The molecule has 3 rings (SSSR count). The zero-order valence-electron chi connectivity index (χ0n) is 13.2. The molecule has 0 bridgehead atoms. The minimum absolute atomic E-state index is 0.0125. The van der Waals surface area contributed by atoms with Crippen molar-refractivity contribution < 1.29 is 19.0 Å². The molecule has 0 radical (unpaired) electrons. The number of amides is 1. The van der Waals surface area contributed by atoms with E-state index >= 15 is 0 Å². The molecule has 24 heavy (non-hydrogen) atoms. The van der Waals surface area contributed by atoms with Crippen molar-refractivity contribution in [3.05, 3.63) is 16.7 Å². The predicted molar refractivity (Wildman–Crippen MR) is 82.1 cm³/mol. The number of carbonyl (C=O) groups excluding carboxylic acids is 1. The van der Waals surface area contributed by atoms with Crippen molar-refractivity contribution in [2.75, 3.05) is 11.9 Å². The van der Waals surface area contributed by atoms with E-state index in [1.54, 1.807) is 13.8 Å². The van der Waals surface area contributed by atoms with Crippen LogP contribution in [0.25, 0.3) is 11.2 Å². The topological polar surface area (TPSA) is 122 Å². The summed E-state index contributed by atoms with van der Waals surface area (Å²) >= 11 is 0. The number of nitrogens with zero attached hydrogens (tertiary/aromatic N) is 3. The van der Waals surface area contributed by atoms with Gasteiger partial charge >= 0.3 is 0 Å². The molecule has 3 heterocycles. The summed E-state index contributed by atoms with van der Waals surface area (Å²) in [4.78, 5) is 34.5. The number of hydrogen-bond acceptors (Lipinski definition) is 6. The number of aliphatic hydroxyl groups is 1. The zero-order valence-corrected chi connectivity index (χ0v) is 13.2. The van der Waals surface area contributed by atoms with Crippen LogP contribution in [0.5, 0.6) is 0 Å². The number of aliphatic hydroxyl groups excluding tert-OH is 1. The Morgan fingerprint density at radius 1 is 1.62 bits per heavy atom. The van der Waals surface area contributed by atoms with Crippen LogP contribution >= 0.6 is 0 Å². The van der Waals surface area contributed by atoms with Crippen LogP contribution in [-0.4, -0.2) is 49.4 Å². The van der Waals surface area contributed by atoms with Gasteiger partial charge < -0.3 is 9.84 Å². The smallest absolute Gasteiger partial charge is 0.280 e. The first-order chi connectivity index (χ1) is 11.4. The summed E-state index contributed by atoms with van der Waals surface area (Å²) in [6, 6.07) is 0. The van der Waals surface area contributed by atoms with Gasteiger partial charge in [-0.05, 0) is 0 Å². The lowest BCUT2D eigenvalue weighted by molar-refractivity contribution is -0.118. The summed E-state index contributed by atoms with van der Waals surface area (Å²) in [6.07, 6.45) is -1.63. The van der Waals surface area contributed by atoms with Crippen molar-refractivity contribution >= 4 is 23.0 Å². The number of nitrogens with one attached hydrogen (secondary N) is 2. The number of aromatic nitrogens is 4. The van der Waals surface area contributed by atoms with Gasteiger partial charge in [0.25, 0.3) is 5.56 Å². The van der Waals surface area contributed by atoms with E-state index in [4.69, 9.17) is 9.84 Å². The van der Waals surface area contributed by atoms with Crippen LogP contribution < -0.4 is 10.9 Å². The molecule has 2 aromatic rings. The van der Waals surface area contributed by atoms with E-state index in [9.17, 15) is 14.0 Å². The Labute approximate surface area is 135 Å². The van der Waals surface area contributed by atoms with E-state index in [1.165, 1.54) is 10.9 Å². The number of ether oxygens (including phenoxy) is 1. The fourth-order valence-electron chi connectivity index (χ4n) is 2.48. The highest BCUT2D eigenvalue weighted by Crippen LogP contribution is 2.32. The van der Waals surface area contributed by atoms with Gasteiger partial charge in [0.05, 0.1) is 12.9 Å². The quantitative estimate of drug-likeness (QED) is 0.738. The zero-order chi connectivity index (χ0) is 17.4. The van der Waals surface area contributed by atoms with Gasteiger partial charge in [0.2, 0.25) is 11.9 Å². The Hall–Kier alpha value is -2.33. The predicted octanol–water partition coefficient (Wildman–Crippen LogP) is 0.332. The first kappa shape index (κ1) is 16.5. The molecule has 0 aliphatic carbocycles. The van der Waals surface area contributed by atoms with Crippen LogP contribution in [0.15, 0.2) is 11.1 Å². The van der Waals surface area contributed by atoms with Gasteiger partial charge in [0, 0.05) is 12.3 Å². The van der Waals surface area contributed by atoms with Crippen LogP contribution in [-0.2, 0) is 9.53 Å². The molecule has 1 aliphatic rings. The molecule has 0 saturated carbocycles. The largest absolute Gasteiger partial charge is 0.394 e. The van der Waals surface area contributed by atoms with Crippen molar-refractivity contribution in [3.63, 3.8) is 0 Å². The summed E-state index contributed by atoms with van der Waals surface area (Å²) in [6.45, 7) is 2.98. The van der Waals surface area contributed by atoms with Crippen LogP contribution in [0, 0.1) is 5.92 Å². The third kappa shape index (κ3) is 2.89. The second kappa shape index (κ2) is 6.29. The molecule has 3 N–H and O–H groups in total.